The molecule has 1 spiro atoms. The molecule has 150 valence electrons. The lowest BCUT2D eigenvalue weighted by Crippen LogP contribution is -2.55. The van der Waals surface area contributed by atoms with E-state index in [2.05, 4.69) is 17.1 Å². The van der Waals surface area contributed by atoms with Gasteiger partial charge in [0.2, 0.25) is 0 Å². The topological polar surface area (TPSA) is 73.0 Å². The number of piperazine rings is 1. The average Bonchev–Trinajstić information content (AvgIpc) is 2.96. The number of hydrogen-bond acceptors (Lipinski definition) is 4. The molecule has 7 nitrogen and oxygen atoms in total. The van der Waals surface area contributed by atoms with Gasteiger partial charge in [0.25, 0.3) is 11.8 Å². The van der Waals surface area contributed by atoms with Gasteiger partial charge in [0, 0.05) is 31.7 Å². The summed E-state index contributed by atoms with van der Waals surface area (Å²) in [5.74, 6) is 0.126. The zero-order valence-corrected chi connectivity index (χ0v) is 16.4. The van der Waals surface area contributed by atoms with Crippen molar-refractivity contribution in [3.63, 3.8) is 0 Å². The molecule has 3 aliphatic rings. The number of urea groups is 1. The number of amides is 4. The van der Waals surface area contributed by atoms with Crippen molar-refractivity contribution in [2.75, 3.05) is 32.8 Å². The summed E-state index contributed by atoms with van der Waals surface area (Å²) in [6.07, 6.45) is 3.79. The summed E-state index contributed by atoms with van der Waals surface area (Å²) in [5.41, 5.74) is -0.0151. The minimum Gasteiger partial charge on any atom is -0.336 e. The first-order valence-electron chi connectivity index (χ1n) is 10.2. The standard InChI is InChI=1S/C21H28N4O3/c1-16-7-5-6-10-21(16)19(27)25(20(28)22-21)15-23-11-13-24(14-12-23)18(26)17-8-3-2-4-9-17/h2-4,8-9,16H,5-7,10-15H2,1H3,(H,22,28)/t16-,21+/m1/s1. The maximum Gasteiger partial charge on any atom is 0.326 e. The highest BCUT2D eigenvalue weighted by molar-refractivity contribution is 6.07. The van der Waals surface area contributed by atoms with E-state index in [1.807, 2.05) is 35.2 Å². The zero-order valence-electron chi connectivity index (χ0n) is 16.4. The Labute approximate surface area is 165 Å². The summed E-state index contributed by atoms with van der Waals surface area (Å²) in [5, 5.41) is 3.00. The van der Waals surface area contributed by atoms with Crippen LogP contribution in [0.25, 0.3) is 0 Å². The Bertz CT molecular complexity index is 760. The van der Waals surface area contributed by atoms with Crippen molar-refractivity contribution in [1.29, 1.82) is 0 Å². The van der Waals surface area contributed by atoms with E-state index in [9.17, 15) is 14.4 Å². The van der Waals surface area contributed by atoms with Crippen LogP contribution in [0.3, 0.4) is 0 Å². The van der Waals surface area contributed by atoms with Crippen LogP contribution in [0.2, 0.25) is 0 Å². The smallest absolute Gasteiger partial charge is 0.326 e. The highest BCUT2D eigenvalue weighted by Crippen LogP contribution is 2.38. The molecule has 1 aromatic carbocycles. The lowest BCUT2D eigenvalue weighted by molar-refractivity contribution is -0.135. The maximum absolute atomic E-state index is 13.1. The van der Waals surface area contributed by atoms with Crippen molar-refractivity contribution >= 4 is 17.8 Å². The molecule has 1 aromatic rings. The van der Waals surface area contributed by atoms with Gasteiger partial charge >= 0.3 is 6.03 Å². The predicted molar refractivity (Wildman–Crippen MR) is 105 cm³/mol. The highest BCUT2D eigenvalue weighted by Gasteiger charge is 2.55. The molecule has 2 aliphatic heterocycles. The Morgan fingerprint density at radius 3 is 2.50 bits per heavy atom. The van der Waals surface area contributed by atoms with Gasteiger partial charge in [0.1, 0.15) is 5.54 Å². The second-order valence-corrected chi connectivity index (χ2v) is 8.20. The van der Waals surface area contributed by atoms with Crippen LogP contribution >= 0.6 is 0 Å². The van der Waals surface area contributed by atoms with Gasteiger partial charge in [-0.1, -0.05) is 38.0 Å². The van der Waals surface area contributed by atoms with Gasteiger partial charge in [-0.25, -0.2) is 9.69 Å². The minimum atomic E-state index is -0.708. The number of carbonyl (C=O) groups excluding carboxylic acids is 3. The van der Waals surface area contributed by atoms with Crippen molar-refractivity contribution in [2.24, 2.45) is 5.92 Å². The summed E-state index contributed by atoms with van der Waals surface area (Å²) in [7, 11) is 0. The second-order valence-electron chi connectivity index (χ2n) is 8.20. The first-order chi connectivity index (χ1) is 13.5. The normalized spacial score (nSPS) is 28.7. The SMILES string of the molecule is C[C@@H]1CCCC[C@]12NC(=O)N(CN1CCN(C(=O)c3ccccc3)CC1)C2=O. The lowest BCUT2D eigenvalue weighted by atomic mass is 9.73. The van der Waals surface area contributed by atoms with E-state index in [1.165, 1.54) is 4.90 Å². The highest BCUT2D eigenvalue weighted by atomic mass is 16.2. The third-order valence-corrected chi connectivity index (χ3v) is 6.52. The van der Waals surface area contributed by atoms with Crippen molar-refractivity contribution in [2.45, 2.75) is 38.1 Å². The summed E-state index contributed by atoms with van der Waals surface area (Å²) < 4.78 is 0. The Balaban J connectivity index is 1.35. The van der Waals surface area contributed by atoms with Crippen LogP contribution in [-0.4, -0.2) is 70.9 Å². The number of imide groups is 1. The van der Waals surface area contributed by atoms with Gasteiger partial charge in [-0.05, 0) is 30.9 Å². The van der Waals surface area contributed by atoms with Gasteiger partial charge in [0.15, 0.2) is 0 Å². The quantitative estimate of drug-likeness (QED) is 0.808. The Kier molecular flexibility index (Phi) is 5.10. The summed E-state index contributed by atoms with van der Waals surface area (Å²) in [6, 6.07) is 9.00. The molecule has 4 rings (SSSR count). The number of nitrogens with one attached hydrogen (secondary N) is 1. The van der Waals surface area contributed by atoms with Crippen molar-refractivity contribution in [1.82, 2.24) is 20.0 Å². The minimum absolute atomic E-state index is 0.0326. The van der Waals surface area contributed by atoms with Crippen LogP contribution in [-0.2, 0) is 4.79 Å². The number of nitrogens with zero attached hydrogens (tertiary/aromatic N) is 3. The van der Waals surface area contributed by atoms with Crippen LogP contribution < -0.4 is 5.32 Å². The lowest BCUT2D eigenvalue weighted by Gasteiger charge is -2.38. The van der Waals surface area contributed by atoms with E-state index in [0.29, 0.717) is 38.4 Å². The third-order valence-electron chi connectivity index (χ3n) is 6.52. The fourth-order valence-corrected chi connectivity index (χ4v) is 4.68. The molecule has 3 fully saturated rings. The monoisotopic (exact) mass is 384 g/mol. The molecule has 1 N–H and O–H groups in total. The summed E-state index contributed by atoms with van der Waals surface area (Å²) in [6.45, 7) is 4.86. The van der Waals surface area contributed by atoms with E-state index in [0.717, 1.165) is 25.7 Å². The van der Waals surface area contributed by atoms with E-state index < -0.39 is 5.54 Å². The molecule has 0 aromatic heterocycles. The van der Waals surface area contributed by atoms with E-state index in [-0.39, 0.29) is 23.8 Å². The molecule has 0 radical (unpaired) electrons. The molecule has 28 heavy (non-hydrogen) atoms. The molecule has 4 amide bonds. The first-order valence-corrected chi connectivity index (χ1v) is 10.2. The van der Waals surface area contributed by atoms with Crippen LogP contribution in [0.1, 0.15) is 43.0 Å². The number of benzene rings is 1. The molecule has 2 atom stereocenters. The predicted octanol–water partition coefficient (Wildman–Crippen LogP) is 1.90. The van der Waals surface area contributed by atoms with Crippen LogP contribution in [0.15, 0.2) is 30.3 Å². The van der Waals surface area contributed by atoms with Crippen LogP contribution in [0, 0.1) is 5.92 Å². The molecule has 2 saturated heterocycles. The van der Waals surface area contributed by atoms with Gasteiger partial charge < -0.3 is 10.2 Å². The van der Waals surface area contributed by atoms with Gasteiger partial charge in [-0.15, -0.1) is 0 Å². The molecule has 0 bridgehead atoms. The molecular formula is C21H28N4O3. The second kappa shape index (κ2) is 7.54. The Hall–Kier alpha value is -2.41. The van der Waals surface area contributed by atoms with Crippen LogP contribution in [0.5, 0.6) is 0 Å². The molecule has 2 heterocycles. The Morgan fingerprint density at radius 2 is 1.82 bits per heavy atom. The van der Waals surface area contributed by atoms with Gasteiger partial charge in [-0.3, -0.25) is 14.5 Å². The molecule has 1 saturated carbocycles. The number of carbonyl (C=O) groups is 3. The van der Waals surface area contributed by atoms with E-state index in [1.54, 1.807) is 0 Å². The summed E-state index contributed by atoms with van der Waals surface area (Å²) in [4.78, 5) is 43.5. The number of rotatable bonds is 3. The fourth-order valence-electron chi connectivity index (χ4n) is 4.68. The fraction of sp³-hybridized carbons (Fsp3) is 0.571. The third kappa shape index (κ3) is 3.28. The summed E-state index contributed by atoms with van der Waals surface area (Å²) >= 11 is 0. The van der Waals surface area contributed by atoms with Crippen LogP contribution in [0.4, 0.5) is 4.79 Å². The zero-order chi connectivity index (χ0) is 19.7. The van der Waals surface area contributed by atoms with Gasteiger partial charge in [-0.2, -0.15) is 0 Å². The van der Waals surface area contributed by atoms with Gasteiger partial charge in [0.05, 0.1) is 6.67 Å². The van der Waals surface area contributed by atoms with E-state index in [4.69, 9.17) is 0 Å². The largest absolute Gasteiger partial charge is 0.336 e. The molecule has 1 aliphatic carbocycles. The maximum atomic E-state index is 13.1. The molecular weight excluding hydrogens is 356 g/mol. The Morgan fingerprint density at radius 1 is 1.11 bits per heavy atom. The number of hydrogen-bond donors (Lipinski definition) is 1. The van der Waals surface area contributed by atoms with Crippen molar-refractivity contribution < 1.29 is 14.4 Å². The van der Waals surface area contributed by atoms with E-state index >= 15 is 0 Å². The first kappa shape index (κ1) is 18.9. The van der Waals surface area contributed by atoms with Crippen molar-refractivity contribution in [3.05, 3.63) is 35.9 Å². The average molecular weight is 384 g/mol. The molecule has 7 heteroatoms. The molecule has 0 unspecified atom stereocenters. The van der Waals surface area contributed by atoms with Crippen molar-refractivity contribution in [3.8, 4) is 0 Å².